The molecule has 2 saturated heterocycles. The predicted molar refractivity (Wildman–Crippen MR) is 135 cm³/mol. The number of pyridine rings is 1. The van der Waals surface area contributed by atoms with Crippen molar-refractivity contribution in [1.82, 2.24) is 15.3 Å². The molecule has 0 saturated carbocycles. The van der Waals surface area contributed by atoms with Crippen molar-refractivity contribution < 1.29 is 0 Å². The third-order valence-electron chi connectivity index (χ3n) is 6.46. The summed E-state index contributed by atoms with van der Waals surface area (Å²) in [6, 6.07) is 16.3. The Balaban J connectivity index is 1.50. The Morgan fingerprint density at radius 1 is 1.06 bits per heavy atom. The molecule has 4 heterocycles. The molecular weight excluding hydrogens is 438 g/mol. The summed E-state index contributed by atoms with van der Waals surface area (Å²) in [6.45, 7) is 6.72. The number of aromatic nitrogens is 2. The maximum absolute atomic E-state index is 6.86. The average molecular weight is 466 g/mol. The first kappa shape index (κ1) is 21.3. The number of halogens is 1. The van der Waals surface area contributed by atoms with Crippen molar-refractivity contribution in [2.24, 2.45) is 11.8 Å². The van der Waals surface area contributed by atoms with Crippen molar-refractivity contribution in [3.8, 4) is 0 Å². The van der Waals surface area contributed by atoms with Gasteiger partial charge in [-0.1, -0.05) is 31.5 Å². The van der Waals surface area contributed by atoms with E-state index in [0.29, 0.717) is 16.9 Å². The van der Waals surface area contributed by atoms with E-state index in [0.717, 1.165) is 40.9 Å². The van der Waals surface area contributed by atoms with Gasteiger partial charge in [0.2, 0.25) is 0 Å². The van der Waals surface area contributed by atoms with Gasteiger partial charge < -0.3 is 20.1 Å². The number of aromatic amines is 1. The van der Waals surface area contributed by atoms with E-state index in [1.807, 2.05) is 42.7 Å². The second-order valence-corrected chi connectivity index (χ2v) is 9.90. The molecule has 2 aromatic heterocycles. The zero-order valence-corrected chi connectivity index (χ0v) is 19.9. The lowest BCUT2D eigenvalue weighted by atomic mass is 9.91. The summed E-state index contributed by atoms with van der Waals surface area (Å²) in [7, 11) is 0. The zero-order chi connectivity index (χ0) is 22.2. The number of hydrogen-bond donors (Lipinski definition) is 2. The van der Waals surface area contributed by atoms with Gasteiger partial charge >= 0.3 is 0 Å². The first-order valence-corrected chi connectivity index (χ1v) is 12.0. The Hall–Kier alpha value is -2.57. The van der Waals surface area contributed by atoms with E-state index in [9.17, 15) is 0 Å². The van der Waals surface area contributed by atoms with Crippen LogP contribution in [0.15, 0.2) is 60.9 Å². The minimum absolute atomic E-state index is 0.0515. The molecule has 0 spiro atoms. The molecule has 2 aliphatic heterocycles. The Bertz CT molecular complexity index is 1080. The van der Waals surface area contributed by atoms with Gasteiger partial charge in [-0.3, -0.25) is 4.98 Å². The summed E-state index contributed by atoms with van der Waals surface area (Å²) >= 11 is 12.7. The summed E-state index contributed by atoms with van der Waals surface area (Å²) in [6.07, 6.45) is 5.03. The largest absolute Gasteiger partial charge is 0.370 e. The highest BCUT2D eigenvalue weighted by atomic mass is 35.5. The van der Waals surface area contributed by atoms with Gasteiger partial charge in [0.1, 0.15) is 6.04 Å². The molecule has 166 valence electrons. The van der Waals surface area contributed by atoms with Gasteiger partial charge in [-0.2, -0.15) is 0 Å². The fourth-order valence-electron chi connectivity index (χ4n) is 5.24. The first-order valence-electron chi connectivity index (χ1n) is 11.2. The molecule has 2 fully saturated rings. The third-order valence-corrected chi connectivity index (χ3v) is 7.08. The number of anilines is 2. The van der Waals surface area contributed by atoms with E-state index in [-0.39, 0.29) is 12.1 Å². The predicted octanol–water partition coefficient (Wildman–Crippen LogP) is 5.72. The molecule has 0 unspecified atom stereocenters. The Morgan fingerprint density at radius 2 is 1.88 bits per heavy atom. The van der Waals surface area contributed by atoms with Crippen molar-refractivity contribution in [3.63, 3.8) is 0 Å². The van der Waals surface area contributed by atoms with Crippen LogP contribution in [-0.2, 0) is 0 Å². The summed E-state index contributed by atoms with van der Waals surface area (Å²) < 4.78 is 0. The molecule has 4 atom stereocenters. The van der Waals surface area contributed by atoms with Crippen molar-refractivity contribution in [2.45, 2.75) is 32.4 Å². The minimum atomic E-state index is -0.0652. The summed E-state index contributed by atoms with van der Waals surface area (Å²) in [5.74, 6) is 1.34. The monoisotopic (exact) mass is 465 g/mol. The summed E-state index contributed by atoms with van der Waals surface area (Å²) in [4.78, 5) is 12.5. The topological polar surface area (TPSA) is 47.2 Å². The molecule has 3 aromatic rings. The van der Waals surface area contributed by atoms with Crippen molar-refractivity contribution in [1.29, 1.82) is 0 Å². The highest BCUT2D eigenvalue weighted by molar-refractivity contribution is 7.80. The minimum Gasteiger partial charge on any atom is -0.370 e. The van der Waals surface area contributed by atoms with E-state index in [1.54, 1.807) is 0 Å². The average Bonchev–Trinajstić information content (AvgIpc) is 3.41. The van der Waals surface area contributed by atoms with Gasteiger partial charge in [0.15, 0.2) is 5.11 Å². The van der Waals surface area contributed by atoms with Crippen LogP contribution in [0.4, 0.5) is 11.4 Å². The molecular formula is C25H28ClN5S. The van der Waals surface area contributed by atoms with E-state index in [1.165, 1.54) is 6.42 Å². The number of nitrogens with one attached hydrogen (secondary N) is 2. The molecule has 0 bridgehead atoms. The number of hydrogen-bond acceptors (Lipinski definition) is 3. The van der Waals surface area contributed by atoms with Gasteiger partial charge in [0, 0.05) is 36.9 Å². The number of benzene rings is 1. The molecule has 1 aromatic carbocycles. The fourth-order valence-corrected chi connectivity index (χ4v) is 5.88. The molecule has 0 amide bonds. The molecule has 7 heteroatoms. The van der Waals surface area contributed by atoms with E-state index in [2.05, 4.69) is 57.1 Å². The fraction of sp³-hybridized carbons (Fsp3) is 0.360. The lowest BCUT2D eigenvalue weighted by Gasteiger charge is -2.37. The summed E-state index contributed by atoms with van der Waals surface area (Å²) in [5.41, 5.74) is 4.11. The third kappa shape index (κ3) is 3.97. The normalized spacial score (nSPS) is 25.8. The Kier molecular flexibility index (Phi) is 5.82. The van der Waals surface area contributed by atoms with Gasteiger partial charge in [-0.05, 0) is 72.9 Å². The van der Waals surface area contributed by atoms with E-state index < -0.39 is 0 Å². The Morgan fingerprint density at radius 3 is 2.53 bits per heavy atom. The van der Waals surface area contributed by atoms with Gasteiger partial charge in [0.25, 0.3) is 0 Å². The Labute approximate surface area is 199 Å². The number of rotatable bonds is 4. The van der Waals surface area contributed by atoms with E-state index >= 15 is 0 Å². The standard InChI is InChI=1S/C25H28ClN5S/c1-16-12-17(2)15-30(14-16)22-9-8-18(13-19(22)26)31-24(21-7-5-11-28-21)23(29-25(31)32)20-6-3-4-10-27-20/h3-11,13,16-17,23-24,28H,12,14-15H2,1-2H3,(H,29,32)/t16-,17+,23-,24+/m1/s1. The molecule has 5 nitrogen and oxygen atoms in total. The van der Waals surface area contributed by atoms with Crippen LogP contribution in [0.5, 0.6) is 0 Å². The zero-order valence-electron chi connectivity index (χ0n) is 18.3. The van der Waals surface area contributed by atoms with Crippen LogP contribution < -0.4 is 15.1 Å². The van der Waals surface area contributed by atoms with Crippen LogP contribution in [0, 0.1) is 11.8 Å². The SMILES string of the molecule is C[C@@H]1C[C@H](C)CN(c2ccc(N3C(=S)N[C@H](c4ccccn4)[C@@H]3c3ccc[nH]3)cc2Cl)C1. The van der Waals surface area contributed by atoms with Crippen molar-refractivity contribution in [2.75, 3.05) is 22.9 Å². The summed E-state index contributed by atoms with van der Waals surface area (Å²) in [5, 5.41) is 4.92. The number of piperidine rings is 1. The number of thiocarbonyl (C=S) groups is 1. The van der Waals surface area contributed by atoms with Gasteiger partial charge in [-0.25, -0.2) is 0 Å². The molecule has 0 aliphatic carbocycles. The number of H-pyrrole nitrogens is 1. The molecule has 5 rings (SSSR count). The lowest BCUT2D eigenvalue weighted by molar-refractivity contribution is 0.357. The van der Waals surface area contributed by atoms with Crippen LogP contribution in [0.3, 0.4) is 0 Å². The van der Waals surface area contributed by atoms with Gasteiger partial charge in [0.05, 0.1) is 22.4 Å². The van der Waals surface area contributed by atoms with Gasteiger partial charge in [-0.15, -0.1) is 0 Å². The molecule has 0 radical (unpaired) electrons. The second kappa shape index (κ2) is 8.75. The van der Waals surface area contributed by atoms with Crippen molar-refractivity contribution in [3.05, 3.63) is 77.3 Å². The smallest absolute Gasteiger partial charge is 0.174 e. The molecule has 2 N–H and O–H groups in total. The quantitative estimate of drug-likeness (QED) is 0.482. The first-order chi connectivity index (χ1) is 15.5. The number of nitrogens with zero attached hydrogens (tertiary/aromatic N) is 3. The van der Waals surface area contributed by atoms with Crippen LogP contribution in [0.2, 0.25) is 5.02 Å². The van der Waals surface area contributed by atoms with E-state index in [4.69, 9.17) is 23.8 Å². The lowest BCUT2D eigenvalue weighted by Crippen LogP contribution is -2.38. The second-order valence-electron chi connectivity index (χ2n) is 9.11. The highest BCUT2D eigenvalue weighted by Crippen LogP contribution is 2.43. The molecule has 2 aliphatic rings. The van der Waals surface area contributed by atoms with Crippen molar-refractivity contribution >= 4 is 40.3 Å². The van der Waals surface area contributed by atoms with Crippen LogP contribution in [0.25, 0.3) is 0 Å². The highest BCUT2D eigenvalue weighted by Gasteiger charge is 2.41. The van der Waals surface area contributed by atoms with Crippen LogP contribution in [0.1, 0.15) is 43.7 Å². The van der Waals surface area contributed by atoms with Crippen LogP contribution in [-0.4, -0.2) is 28.2 Å². The maximum atomic E-state index is 6.86. The molecule has 32 heavy (non-hydrogen) atoms. The van der Waals surface area contributed by atoms with Crippen LogP contribution >= 0.6 is 23.8 Å². The maximum Gasteiger partial charge on any atom is 0.174 e.